The molecule has 1 aromatic carbocycles. The number of hydrogen-bond acceptors (Lipinski definition) is 5. The Kier molecular flexibility index (Phi) is 4.85. The van der Waals surface area contributed by atoms with Crippen LogP contribution in [0.1, 0.15) is 51.0 Å². The predicted molar refractivity (Wildman–Crippen MR) is 94.6 cm³/mol. The average molecular weight is 342 g/mol. The zero-order chi connectivity index (χ0) is 18.0. The van der Waals surface area contributed by atoms with Crippen LogP contribution in [0.3, 0.4) is 0 Å². The third-order valence-corrected chi connectivity index (χ3v) is 4.79. The first-order valence-electron chi connectivity index (χ1n) is 8.75. The topological polar surface area (TPSA) is 89.9 Å². The summed E-state index contributed by atoms with van der Waals surface area (Å²) < 4.78 is 1.89. The van der Waals surface area contributed by atoms with Crippen molar-refractivity contribution in [3.63, 3.8) is 0 Å². The Morgan fingerprint density at radius 1 is 1.20 bits per heavy atom. The van der Waals surface area contributed by atoms with Gasteiger partial charge in [0.05, 0.1) is 11.6 Å². The molecule has 1 atom stereocenters. The van der Waals surface area contributed by atoms with Crippen LogP contribution in [0.25, 0.3) is 0 Å². The van der Waals surface area contributed by atoms with Crippen molar-refractivity contribution < 1.29 is 4.79 Å². The Morgan fingerprint density at radius 2 is 1.84 bits per heavy atom. The van der Waals surface area contributed by atoms with Crippen molar-refractivity contribution in [3.8, 4) is 0 Å². The molecular formula is C18H26N6O. The molecule has 1 fully saturated rings. The van der Waals surface area contributed by atoms with Gasteiger partial charge in [0.15, 0.2) is 5.82 Å². The minimum Gasteiger partial charge on any atom is -0.369 e. The van der Waals surface area contributed by atoms with Crippen LogP contribution in [-0.2, 0) is 10.3 Å². The number of carbonyl (C=O) groups is 1. The Hall–Kier alpha value is -2.28. The third kappa shape index (κ3) is 3.71. The number of nitrogens with two attached hydrogens (primary N) is 1. The maximum absolute atomic E-state index is 11.5. The van der Waals surface area contributed by atoms with Crippen LogP contribution in [-0.4, -0.2) is 44.1 Å². The lowest BCUT2D eigenvalue weighted by Crippen LogP contribution is -2.42. The highest BCUT2D eigenvalue weighted by atomic mass is 16.1. The number of amides is 1. The third-order valence-electron chi connectivity index (χ3n) is 4.79. The molecule has 0 spiro atoms. The molecule has 2 heterocycles. The Balaban J connectivity index is 1.96. The van der Waals surface area contributed by atoms with Gasteiger partial charge in [0.25, 0.3) is 0 Å². The van der Waals surface area contributed by atoms with Crippen molar-refractivity contribution in [3.05, 3.63) is 41.7 Å². The van der Waals surface area contributed by atoms with Gasteiger partial charge in [0.2, 0.25) is 5.91 Å². The molecule has 7 nitrogen and oxygen atoms in total. The normalized spacial score (nSPS) is 18.2. The first-order valence-corrected chi connectivity index (χ1v) is 8.75. The molecule has 1 aliphatic rings. The first kappa shape index (κ1) is 17.5. The molecule has 2 aromatic rings. The number of tetrazole rings is 1. The van der Waals surface area contributed by atoms with Gasteiger partial charge < -0.3 is 5.73 Å². The highest BCUT2D eigenvalue weighted by molar-refractivity contribution is 5.76. The molecule has 1 saturated heterocycles. The molecule has 0 saturated carbocycles. The Morgan fingerprint density at radius 3 is 2.40 bits per heavy atom. The molecule has 2 N–H and O–H groups in total. The number of primary amides is 1. The SMILES string of the molecule is CC(C)(C)n1nnnc1C(c1ccccc1)N1CCC(C(N)=O)CC1. The van der Waals surface area contributed by atoms with Gasteiger partial charge in [-0.3, -0.25) is 9.69 Å². The van der Waals surface area contributed by atoms with Crippen molar-refractivity contribution in [2.24, 2.45) is 11.7 Å². The second-order valence-corrected chi connectivity index (χ2v) is 7.65. The van der Waals surface area contributed by atoms with Crippen LogP contribution in [0.15, 0.2) is 30.3 Å². The van der Waals surface area contributed by atoms with E-state index in [9.17, 15) is 4.79 Å². The second kappa shape index (κ2) is 6.92. The lowest BCUT2D eigenvalue weighted by Gasteiger charge is -2.37. The summed E-state index contributed by atoms with van der Waals surface area (Å²) >= 11 is 0. The van der Waals surface area contributed by atoms with E-state index in [-0.39, 0.29) is 23.4 Å². The Bertz CT molecular complexity index is 713. The number of piperidine rings is 1. The fourth-order valence-corrected chi connectivity index (χ4v) is 3.44. The summed E-state index contributed by atoms with van der Waals surface area (Å²) in [5, 5.41) is 12.5. The van der Waals surface area contributed by atoms with E-state index >= 15 is 0 Å². The van der Waals surface area contributed by atoms with Gasteiger partial charge in [-0.25, -0.2) is 4.68 Å². The van der Waals surface area contributed by atoms with Gasteiger partial charge in [-0.2, -0.15) is 0 Å². The molecule has 1 unspecified atom stereocenters. The van der Waals surface area contributed by atoms with Gasteiger partial charge >= 0.3 is 0 Å². The summed E-state index contributed by atoms with van der Waals surface area (Å²) in [6, 6.07) is 10.2. The van der Waals surface area contributed by atoms with Crippen molar-refractivity contribution in [1.82, 2.24) is 25.1 Å². The zero-order valence-electron chi connectivity index (χ0n) is 15.1. The van der Waals surface area contributed by atoms with Gasteiger partial charge in [-0.1, -0.05) is 30.3 Å². The monoisotopic (exact) mass is 342 g/mol. The lowest BCUT2D eigenvalue weighted by molar-refractivity contribution is -0.123. The minimum atomic E-state index is -0.211. The maximum atomic E-state index is 11.5. The van der Waals surface area contributed by atoms with E-state index in [0.717, 1.165) is 37.3 Å². The van der Waals surface area contributed by atoms with E-state index in [1.165, 1.54) is 0 Å². The van der Waals surface area contributed by atoms with Gasteiger partial charge in [-0.15, -0.1) is 5.10 Å². The van der Waals surface area contributed by atoms with Crippen LogP contribution < -0.4 is 5.73 Å². The standard InChI is InChI=1S/C18H26N6O/c1-18(2,3)24-17(20-21-22-24)15(13-7-5-4-6-8-13)23-11-9-14(10-12-23)16(19)25/h4-8,14-15H,9-12H2,1-3H3,(H2,19,25). The van der Waals surface area contributed by atoms with Crippen molar-refractivity contribution in [2.45, 2.75) is 45.2 Å². The molecule has 3 rings (SSSR count). The molecule has 0 radical (unpaired) electrons. The second-order valence-electron chi connectivity index (χ2n) is 7.65. The maximum Gasteiger partial charge on any atom is 0.220 e. The number of likely N-dealkylation sites (tertiary alicyclic amines) is 1. The van der Waals surface area contributed by atoms with Crippen molar-refractivity contribution in [2.75, 3.05) is 13.1 Å². The van der Waals surface area contributed by atoms with Gasteiger partial charge in [-0.05, 0) is 62.7 Å². The van der Waals surface area contributed by atoms with E-state index in [2.05, 4.69) is 53.3 Å². The first-order chi connectivity index (χ1) is 11.9. The predicted octanol–water partition coefficient (Wildman–Crippen LogP) is 1.71. The van der Waals surface area contributed by atoms with Crippen LogP contribution in [0.4, 0.5) is 0 Å². The molecule has 0 bridgehead atoms. The van der Waals surface area contributed by atoms with Crippen LogP contribution in [0, 0.1) is 5.92 Å². The number of nitrogens with zero attached hydrogens (tertiary/aromatic N) is 5. The quantitative estimate of drug-likeness (QED) is 0.913. The highest BCUT2D eigenvalue weighted by Gasteiger charge is 2.34. The number of hydrogen-bond donors (Lipinski definition) is 1. The highest BCUT2D eigenvalue weighted by Crippen LogP contribution is 2.32. The smallest absolute Gasteiger partial charge is 0.220 e. The number of rotatable bonds is 4. The summed E-state index contributed by atoms with van der Waals surface area (Å²) in [7, 11) is 0. The number of aromatic nitrogens is 4. The summed E-state index contributed by atoms with van der Waals surface area (Å²) in [6.07, 6.45) is 1.55. The number of benzene rings is 1. The van der Waals surface area contributed by atoms with Crippen molar-refractivity contribution in [1.29, 1.82) is 0 Å². The molecule has 134 valence electrons. The summed E-state index contributed by atoms with van der Waals surface area (Å²) in [5.74, 6) is 0.595. The fourth-order valence-electron chi connectivity index (χ4n) is 3.44. The molecule has 1 aromatic heterocycles. The van der Waals surface area contributed by atoms with E-state index in [4.69, 9.17) is 5.73 Å². The molecular weight excluding hydrogens is 316 g/mol. The summed E-state index contributed by atoms with van der Waals surface area (Å²) in [6.45, 7) is 7.87. The summed E-state index contributed by atoms with van der Waals surface area (Å²) in [5.41, 5.74) is 6.42. The molecule has 0 aliphatic carbocycles. The number of carbonyl (C=O) groups excluding carboxylic acids is 1. The van der Waals surface area contributed by atoms with E-state index in [1.807, 2.05) is 22.9 Å². The molecule has 1 amide bonds. The molecule has 1 aliphatic heterocycles. The van der Waals surface area contributed by atoms with Crippen LogP contribution in [0.5, 0.6) is 0 Å². The van der Waals surface area contributed by atoms with Crippen LogP contribution in [0.2, 0.25) is 0 Å². The van der Waals surface area contributed by atoms with E-state index in [0.29, 0.717) is 0 Å². The zero-order valence-corrected chi connectivity index (χ0v) is 15.1. The van der Waals surface area contributed by atoms with Crippen LogP contribution >= 0.6 is 0 Å². The van der Waals surface area contributed by atoms with E-state index in [1.54, 1.807) is 0 Å². The van der Waals surface area contributed by atoms with Gasteiger partial charge in [0.1, 0.15) is 0 Å². The largest absolute Gasteiger partial charge is 0.369 e. The fraction of sp³-hybridized carbons (Fsp3) is 0.556. The van der Waals surface area contributed by atoms with Crippen molar-refractivity contribution >= 4 is 5.91 Å². The van der Waals surface area contributed by atoms with E-state index < -0.39 is 0 Å². The minimum absolute atomic E-state index is 0.0358. The Labute approximate surface area is 148 Å². The molecule has 25 heavy (non-hydrogen) atoms. The average Bonchev–Trinajstić information content (AvgIpc) is 3.06. The summed E-state index contributed by atoms with van der Waals surface area (Å²) in [4.78, 5) is 13.8. The lowest BCUT2D eigenvalue weighted by atomic mass is 9.93. The van der Waals surface area contributed by atoms with Gasteiger partial charge in [0, 0.05) is 5.92 Å². The molecule has 7 heteroatoms.